The number of amides is 1. The molecule has 0 bridgehead atoms. The Morgan fingerprint density at radius 3 is 2.50 bits per heavy atom. The van der Waals surface area contributed by atoms with E-state index in [1.54, 1.807) is 38.3 Å². The molecule has 0 aliphatic heterocycles. The SMILES string of the molecule is COc1ccc(C=CC(=O)N(C)Cc2ccccc2Cl)cc1OC. The Balaban J connectivity index is 2.05. The van der Waals surface area contributed by atoms with Gasteiger partial charge in [0.15, 0.2) is 11.5 Å². The van der Waals surface area contributed by atoms with Crippen LogP contribution in [0.4, 0.5) is 0 Å². The van der Waals surface area contributed by atoms with Gasteiger partial charge in [-0.15, -0.1) is 0 Å². The molecule has 0 radical (unpaired) electrons. The smallest absolute Gasteiger partial charge is 0.246 e. The van der Waals surface area contributed by atoms with Crippen LogP contribution in [-0.4, -0.2) is 32.1 Å². The fraction of sp³-hybridized carbons (Fsp3) is 0.211. The summed E-state index contributed by atoms with van der Waals surface area (Å²) in [7, 11) is 4.90. The van der Waals surface area contributed by atoms with Gasteiger partial charge in [-0.05, 0) is 35.4 Å². The molecule has 0 atom stereocenters. The second-order valence-electron chi connectivity index (χ2n) is 5.23. The number of nitrogens with zero attached hydrogens (tertiary/aromatic N) is 1. The van der Waals surface area contributed by atoms with Gasteiger partial charge in [0.2, 0.25) is 5.91 Å². The summed E-state index contributed by atoms with van der Waals surface area (Å²) in [5, 5.41) is 0.654. The number of hydrogen-bond acceptors (Lipinski definition) is 3. The van der Waals surface area contributed by atoms with E-state index in [-0.39, 0.29) is 5.91 Å². The van der Waals surface area contributed by atoms with Crippen molar-refractivity contribution in [3.05, 3.63) is 64.7 Å². The molecule has 0 aromatic heterocycles. The maximum Gasteiger partial charge on any atom is 0.246 e. The second kappa shape index (κ2) is 8.41. The highest BCUT2D eigenvalue weighted by atomic mass is 35.5. The number of halogens is 1. The lowest BCUT2D eigenvalue weighted by Crippen LogP contribution is -2.24. The second-order valence-corrected chi connectivity index (χ2v) is 5.64. The lowest BCUT2D eigenvalue weighted by atomic mass is 10.1. The molecule has 1 amide bonds. The van der Waals surface area contributed by atoms with E-state index in [9.17, 15) is 4.79 Å². The minimum absolute atomic E-state index is 0.107. The van der Waals surface area contributed by atoms with Crippen LogP contribution in [-0.2, 0) is 11.3 Å². The molecule has 126 valence electrons. The molecule has 4 nitrogen and oxygen atoms in total. The van der Waals surface area contributed by atoms with Gasteiger partial charge >= 0.3 is 0 Å². The van der Waals surface area contributed by atoms with Gasteiger partial charge in [-0.2, -0.15) is 0 Å². The van der Waals surface area contributed by atoms with E-state index in [0.717, 1.165) is 11.1 Å². The summed E-state index contributed by atoms with van der Waals surface area (Å²) in [6.45, 7) is 0.453. The summed E-state index contributed by atoms with van der Waals surface area (Å²) in [6.07, 6.45) is 3.27. The molecular weight excluding hydrogens is 326 g/mol. The molecule has 0 fully saturated rings. The third-order valence-electron chi connectivity index (χ3n) is 3.57. The highest BCUT2D eigenvalue weighted by Gasteiger charge is 2.08. The molecule has 0 aliphatic carbocycles. The number of carbonyl (C=O) groups is 1. The van der Waals surface area contributed by atoms with Crippen LogP contribution in [0.25, 0.3) is 6.08 Å². The summed E-state index contributed by atoms with van der Waals surface area (Å²) in [4.78, 5) is 13.9. The summed E-state index contributed by atoms with van der Waals surface area (Å²) >= 11 is 6.13. The largest absolute Gasteiger partial charge is 0.493 e. The average molecular weight is 346 g/mol. The van der Waals surface area contributed by atoms with E-state index in [1.807, 2.05) is 36.4 Å². The van der Waals surface area contributed by atoms with Gasteiger partial charge in [-0.1, -0.05) is 35.9 Å². The van der Waals surface area contributed by atoms with Crippen LogP contribution < -0.4 is 9.47 Å². The number of hydrogen-bond donors (Lipinski definition) is 0. The number of likely N-dealkylation sites (N-methyl/N-ethyl adjacent to an activating group) is 1. The van der Waals surface area contributed by atoms with Gasteiger partial charge in [0, 0.05) is 24.7 Å². The third kappa shape index (κ3) is 4.52. The van der Waals surface area contributed by atoms with Gasteiger partial charge in [-0.3, -0.25) is 4.79 Å². The Morgan fingerprint density at radius 2 is 1.83 bits per heavy atom. The highest BCUT2D eigenvalue weighted by molar-refractivity contribution is 6.31. The van der Waals surface area contributed by atoms with E-state index in [2.05, 4.69) is 0 Å². The van der Waals surface area contributed by atoms with Crippen LogP contribution in [0.5, 0.6) is 11.5 Å². The van der Waals surface area contributed by atoms with Crippen molar-refractivity contribution in [3.8, 4) is 11.5 Å². The lowest BCUT2D eigenvalue weighted by molar-refractivity contribution is -0.125. The molecule has 0 N–H and O–H groups in total. The normalized spacial score (nSPS) is 10.7. The van der Waals surface area contributed by atoms with Gasteiger partial charge in [0.05, 0.1) is 14.2 Å². The van der Waals surface area contributed by atoms with Crippen LogP contribution in [0.3, 0.4) is 0 Å². The highest BCUT2D eigenvalue weighted by Crippen LogP contribution is 2.28. The molecule has 2 aromatic carbocycles. The van der Waals surface area contributed by atoms with E-state index >= 15 is 0 Å². The zero-order valence-electron chi connectivity index (χ0n) is 14.0. The zero-order valence-corrected chi connectivity index (χ0v) is 14.7. The van der Waals surface area contributed by atoms with E-state index in [1.165, 1.54) is 6.08 Å². The predicted octanol–water partition coefficient (Wildman–Crippen LogP) is 4.03. The Labute approximate surface area is 147 Å². The number of methoxy groups -OCH3 is 2. The van der Waals surface area contributed by atoms with Crippen molar-refractivity contribution in [2.45, 2.75) is 6.54 Å². The molecule has 24 heavy (non-hydrogen) atoms. The van der Waals surface area contributed by atoms with Crippen LogP contribution >= 0.6 is 11.6 Å². The first-order valence-corrected chi connectivity index (χ1v) is 7.81. The van der Waals surface area contributed by atoms with Crippen LogP contribution in [0.15, 0.2) is 48.5 Å². The molecule has 5 heteroatoms. The standard InChI is InChI=1S/C19H20ClNO3/c1-21(13-15-6-4-5-7-16(15)20)19(22)11-9-14-8-10-17(23-2)18(12-14)24-3/h4-12H,13H2,1-3H3. The quantitative estimate of drug-likeness (QED) is 0.742. The molecule has 0 heterocycles. The maximum atomic E-state index is 12.2. The van der Waals surface area contributed by atoms with Crippen molar-refractivity contribution in [1.29, 1.82) is 0 Å². The van der Waals surface area contributed by atoms with Crippen molar-refractivity contribution in [1.82, 2.24) is 4.90 Å². The molecule has 2 rings (SSSR count). The van der Waals surface area contributed by atoms with E-state index in [0.29, 0.717) is 23.1 Å². The van der Waals surface area contributed by atoms with Gasteiger partial charge in [0.1, 0.15) is 0 Å². The first-order chi connectivity index (χ1) is 11.5. The lowest BCUT2D eigenvalue weighted by Gasteiger charge is -2.16. The topological polar surface area (TPSA) is 38.8 Å². The molecule has 2 aromatic rings. The average Bonchev–Trinajstić information content (AvgIpc) is 2.61. The Kier molecular flexibility index (Phi) is 6.27. The number of carbonyl (C=O) groups excluding carboxylic acids is 1. The van der Waals surface area contributed by atoms with Gasteiger partial charge in [0.25, 0.3) is 0 Å². The Bertz CT molecular complexity index is 743. The van der Waals surface area contributed by atoms with Crippen molar-refractivity contribution in [2.75, 3.05) is 21.3 Å². The Hall–Kier alpha value is -2.46. The monoisotopic (exact) mass is 345 g/mol. The van der Waals surface area contributed by atoms with Crippen molar-refractivity contribution < 1.29 is 14.3 Å². The zero-order chi connectivity index (χ0) is 17.5. The summed E-state index contributed by atoms with van der Waals surface area (Å²) in [5.74, 6) is 1.16. The number of rotatable bonds is 6. The minimum Gasteiger partial charge on any atom is -0.493 e. The van der Waals surface area contributed by atoms with Gasteiger partial charge < -0.3 is 14.4 Å². The third-order valence-corrected chi connectivity index (χ3v) is 3.94. The Morgan fingerprint density at radius 1 is 1.12 bits per heavy atom. The minimum atomic E-state index is -0.107. The molecular formula is C19H20ClNO3. The first-order valence-electron chi connectivity index (χ1n) is 7.43. The maximum absolute atomic E-state index is 12.2. The summed E-state index contributed by atoms with van der Waals surface area (Å²) in [5.41, 5.74) is 1.77. The number of ether oxygens (including phenoxy) is 2. The molecule has 0 saturated carbocycles. The fourth-order valence-electron chi connectivity index (χ4n) is 2.21. The van der Waals surface area contributed by atoms with Crippen LogP contribution in [0.1, 0.15) is 11.1 Å². The van der Waals surface area contributed by atoms with Crippen molar-refractivity contribution >= 4 is 23.6 Å². The predicted molar refractivity (Wildman–Crippen MR) is 96.5 cm³/mol. The van der Waals surface area contributed by atoms with E-state index in [4.69, 9.17) is 21.1 Å². The first kappa shape index (κ1) is 17.9. The van der Waals surface area contributed by atoms with Gasteiger partial charge in [-0.25, -0.2) is 0 Å². The van der Waals surface area contributed by atoms with Crippen molar-refractivity contribution in [2.24, 2.45) is 0 Å². The number of benzene rings is 2. The summed E-state index contributed by atoms with van der Waals surface area (Å²) in [6, 6.07) is 13.0. The molecule has 0 spiro atoms. The molecule has 0 unspecified atom stereocenters. The van der Waals surface area contributed by atoms with Crippen LogP contribution in [0, 0.1) is 0 Å². The van der Waals surface area contributed by atoms with E-state index < -0.39 is 0 Å². The molecule has 0 saturated heterocycles. The molecule has 0 aliphatic rings. The fourth-order valence-corrected chi connectivity index (χ4v) is 2.41. The van der Waals surface area contributed by atoms with Crippen LogP contribution in [0.2, 0.25) is 5.02 Å². The summed E-state index contributed by atoms with van der Waals surface area (Å²) < 4.78 is 10.5. The van der Waals surface area contributed by atoms with Crippen molar-refractivity contribution in [3.63, 3.8) is 0 Å².